The maximum Gasteiger partial charge on any atom is 0.272 e. The molecule has 0 fully saturated rings. The van der Waals surface area contributed by atoms with Gasteiger partial charge in [0.2, 0.25) is 0 Å². The van der Waals surface area contributed by atoms with Gasteiger partial charge in [0.05, 0.1) is 5.69 Å². The number of carbonyl (C=O) groups excluding carboxylic acids is 1. The fourth-order valence-electron chi connectivity index (χ4n) is 2.81. The van der Waals surface area contributed by atoms with Gasteiger partial charge in [0.25, 0.3) is 5.91 Å². The maximum atomic E-state index is 12.2. The van der Waals surface area contributed by atoms with Crippen molar-refractivity contribution in [2.24, 2.45) is 0 Å². The monoisotopic (exact) mass is 310 g/mol. The van der Waals surface area contributed by atoms with Gasteiger partial charge in [-0.1, -0.05) is 24.3 Å². The molecule has 1 aromatic carbocycles. The first kappa shape index (κ1) is 14.9. The summed E-state index contributed by atoms with van der Waals surface area (Å²) >= 11 is 1.70. The Morgan fingerprint density at radius 3 is 2.91 bits per heavy atom. The molecule has 0 unspecified atom stereocenters. The number of hydrogen-bond donors (Lipinski definition) is 0. The minimum Gasteiger partial charge on any atom is -0.336 e. The van der Waals surface area contributed by atoms with Crippen molar-refractivity contribution in [3.63, 3.8) is 0 Å². The molecule has 3 nitrogen and oxygen atoms in total. The molecule has 0 saturated heterocycles. The van der Waals surface area contributed by atoms with Crippen LogP contribution in [0.3, 0.4) is 0 Å². The highest BCUT2D eigenvalue weighted by atomic mass is 32.2. The summed E-state index contributed by atoms with van der Waals surface area (Å²) in [6.45, 7) is 4.48. The smallest absolute Gasteiger partial charge is 0.272 e. The summed E-state index contributed by atoms with van der Waals surface area (Å²) in [5, 5.41) is 0. The molecule has 2 aromatic rings. The van der Waals surface area contributed by atoms with E-state index in [1.165, 1.54) is 10.5 Å². The van der Waals surface area contributed by atoms with Gasteiger partial charge in [-0.25, -0.2) is 4.98 Å². The topological polar surface area (TPSA) is 33.2 Å². The molecule has 3 rings (SSSR count). The van der Waals surface area contributed by atoms with Gasteiger partial charge in [0.15, 0.2) is 0 Å². The molecule has 1 aliphatic heterocycles. The van der Waals surface area contributed by atoms with Crippen LogP contribution in [0, 0.1) is 0 Å². The summed E-state index contributed by atoms with van der Waals surface area (Å²) < 4.78 is 0. The van der Waals surface area contributed by atoms with Gasteiger partial charge in [-0.05, 0) is 30.4 Å². The quantitative estimate of drug-likeness (QED) is 0.636. The van der Waals surface area contributed by atoms with Crippen molar-refractivity contribution in [3.8, 4) is 11.3 Å². The van der Waals surface area contributed by atoms with Gasteiger partial charge >= 0.3 is 0 Å². The number of benzene rings is 1. The highest BCUT2D eigenvalue weighted by molar-refractivity contribution is 7.98. The van der Waals surface area contributed by atoms with Gasteiger partial charge in [-0.3, -0.25) is 4.79 Å². The molecule has 0 atom stereocenters. The molecule has 0 bridgehead atoms. The average molecular weight is 310 g/mol. The molecular formula is C18H18N2OS. The summed E-state index contributed by atoms with van der Waals surface area (Å²) in [6.07, 6.45) is 4.74. The van der Waals surface area contributed by atoms with Crippen LogP contribution in [0.1, 0.15) is 21.6 Å². The number of thioether (sulfide) groups is 1. The highest BCUT2D eigenvalue weighted by Gasteiger charge is 2.26. The van der Waals surface area contributed by atoms with Crippen LogP contribution in [0.15, 0.2) is 47.9 Å². The third kappa shape index (κ3) is 2.44. The van der Waals surface area contributed by atoms with Gasteiger partial charge in [0, 0.05) is 29.6 Å². The maximum absolute atomic E-state index is 12.2. The Morgan fingerprint density at radius 2 is 2.18 bits per heavy atom. The summed E-state index contributed by atoms with van der Waals surface area (Å²) in [7, 11) is 1.81. The standard InChI is InChI=1S/C18H18N2OS/c1-4-6-12-7-5-8-15(22-3)16(12)14-10-9-13-11-20(2)18(21)17(13)19-14/h4-5,7-10H,1,6,11H2,2-3H3. The molecule has 22 heavy (non-hydrogen) atoms. The van der Waals surface area contributed by atoms with E-state index >= 15 is 0 Å². The van der Waals surface area contributed by atoms with Crippen LogP contribution < -0.4 is 0 Å². The Bertz CT molecular complexity index is 755. The van der Waals surface area contributed by atoms with E-state index in [-0.39, 0.29) is 5.91 Å². The highest BCUT2D eigenvalue weighted by Crippen LogP contribution is 2.34. The number of hydrogen-bond acceptors (Lipinski definition) is 3. The number of amides is 1. The number of carbonyl (C=O) groups is 1. The second kappa shape index (κ2) is 5.97. The fourth-order valence-corrected chi connectivity index (χ4v) is 3.47. The van der Waals surface area contributed by atoms with Gasteiger partial charge < -0.3 is 4.90 Å². The summed E-state index contributed by atoms with van der Waals surface area (Å²) in [5.41, 5.74) is 4.75. The van der Waals surface area contributed by atoms with E-state index in [1.807, 2.05) is 25.3 Å². The van der Waals surface area contributed by atoms with Crippen molar-refractivity contribution in [2.75, 3.05) is 13.3 Å². The van der Waals surface area contributed by atoms with Crippen molar-refractivity contribution >= 4 is 17.7 Å². The van der Waals surface area contributed by atoms with E-state index in [1.54, 1.807) is 16.7 Å². The van der Waals surface area contributed by atoms with Crippen molar-refractivity contribution in [1.82, 2.24) is 9.88 Å². The van der Waals surface area contributed by atoms with E-state index in [0.29, 0.717) is 12.2 Å². The van der Waals surface area contributed by atoms with Crippen LogP contribution in [0.4, 0.5) is 0 Å². The average Bonchev–Trinajstić information content (AvgIpc) is 2.82. The third-order valence-electron chi connectivity index (χ3n) is 3.89. The molecule has 2 heterocycles. The van der Waals surface area contributed by atoms with Crippen molar-refractivity contribution in [2.45, 2.75) is 17.9 Å². The van der Waals surface area contributed by atoms with Gasteiger partial charge in [-0.15, -0.1) is 18.3 Å². The molecule has 4 heteroatoms. The van der Waals surface area contributed by atoms with Crippen molar-refractivity contribution in [3.05, 3.63) is 59.8 Å². The Balaban J connectivity index is 2.16. The van der Waals surface area contributed by atoms with Crippen molar-refractivity contribution in [1.29, 1.82) is 0 Å². The number of rotatable bonds is 4. The summed E-state index contributed by atoms with van der Waals surface area (Å²) in [5.74, 6) is 0.00348. The second-order valence-electron chi connectivity index (χ2n) is 5.35. The third-order valence-corrected chi connectivity index (χ3v) is 4.67. The van der Waals surface area contributed by atoms with Crippen LogP contribution >= 0.6 is 11.8 Å². The van der Waals surface area contributed by atoms with Crippen LogP contribution in [0.5, 0.6) is 0 Å². The first-order valence-corrected chi connectivity index (χ1v) is 8.40. The SMILES string of the molecule is C=CCc1cccc(SC)c1-c1ccc2c(n1)C(=O)N(C)C2. The second-order valence-corrected chi connectivity index (χ2v) is 6.20. The first-order valence-electron chi connectivity index (χ1n) is 7.18. The molecular weight excluding hydrogens is 292 g/mol. The molecule has 112 valence electrons. The molecule has 1 amide bonds. The Labute approximate surface area is 135 Å². The van der Waals surface area contributed by atoms with Crippen LogP contribution in [0.2, 0.25) is 0 Å². The first-order chi connectivity index (χ1) is 10.7. The van der Waals surface area contributed by atoms with E-state index < -0.39 is 0 Å². The normalized spacial score (nSPS) is 13.4. The predicted molar refractivity (Wildman–Crippen MR) is 91.2 cm³/mol. The zero-order valence-electron chi connectivity index (χ0n) is 12.8. The Kier molecular flexibility index (Phi) is 4.03. The zero-order chi connectivity index (χ0) is 15.7. The van der Waals surface area contributed by atoms with Crippen LogP contribution in [-0.2, 0) is 13.0 Å². The number of aromatic nitrogens is 1. The molecule has 0 aliphatic carbocycles. The molecule has 0 spiro atoms. The van der Waals surface area contributed by atoms with Crippen LogP contribution in [-0.4, -0.2) is 29.1 Å². The molecule has 1 aromatic heterocycles. The lowest BCUT2D eigenvalue weighted by atomic mass is 10.0. The number of allylic oxidation sites excluding steroid dienone is 1. The van der Waals surface area contributed by atoms with E-state index in [2.05, 4.69) is 36.0 Å². The summed E-state index contributed by atoms with van der Waals surface area (Å²) in [6, 6.07) is 10.3. The number of fused-ring (bicyclic) bond motifs is 1. The molecule has 0 radical (unpaired) electrons. The minimum absolute atomic E-state index is 0.00348. The molecule has 0 N–H and O–H groups in total. The van der Waals surface area contributed by atoms with Gasteiger partial charge in [0.1, 0.15) is 5.69 Å². The molecule has 0 saturated carbocycles. The van der Waals surface area contributed by atoms with E-state index in [4.69, 9.17) is 0 Å². The zero-order valence-corrected chi connectivity index (χ0v) is 13.6. The van der Waals surface area contributed by atoms with Gasteiger partial charge in [-0.2, -0.15) is 0 Å². The summed E-state index contributed by atoms with van der Waals surface area (Å²) in [4.78, 5) is 19.7. The lowest BCUT2D eigenvalue weighted by molar-refractivity contribution is 0.0812. The Morgan fingerprint density at radius 1 is 1.36 bits per heavy atom. The fraction of sp³-hybridized carbons (Fsp3) is 0.222. The Hall–Kier alpha value is -2.07. The lowest BCUT2D eigenvalue weighted by Crippen LogP contribution is -2.18. The van der Waals surface area contributed by atoms with Crippen molar-refractivity contribution < 1.29 is 4.79 Å². The molecule has 1 aliphatic rings. The van der Waals surface area contributed by atoms with E-state index in [9.17, 15) is 4.79 Å². The lowest BCUT2D eigenvalue weighted by Gasteiger charge is -2.13. The number of nitrogens with zero attached hydrogens (tertiary/aromatic N) is 2. The predicted octanol–water partition coefficient (Wildman–Crippen LogP) is 3.78. The van der Waals surface area contributed by atoms with E-state index in [0.717, 1.165) is 23.2 Å². The largest absolute Gasteiger partial charge is 0.336 e. The number of pyridine rings is 1. The minimum atomic E-state index is 0.00348. The van der Waals surface area contributed by atoms with Crippen LogP contribution in [0.25, 0.3) is 11.3 Å².